The summed E-state index contributed by atoms with van der Waals surface area (Å²) in [5.41, 5.74) is 6.27. The van der Waals surface area contributed by atoms with E-state index < -0.39 is 0 Å². The van der Waals surface area contributed by atoms with Crippen molar-refractivity contribution in [2.75, 3.05) is 5.32 Å². The summed E-state index contributed by atoms with van der Waals surface area (Å²) in [5.74, 6) is 0.767. The number of aromatic nitrogens is 5. The predicted octanol–water partition coefficient (Wildman–Crippen LogP) is 4.62. The SMILES string of the molecule is Cn1cc(CNc2ccc3c(nnn3CC3CC3)c2Br)c(-c2ccccc2)n1. The summed E-state index contributed by atoms with van der Waals surface area (Å²) in [5, 5.41) is 16.9. The highest BCUT2D eigenvalue weighted by atomic mass is 79.9. The van der Waals surface area contributed by atoms with Crippen LogP contribution in [0.2, 0.25) is 0 Å². The Kier molecular flexibility index (Phi) is 4.39. The van der Waals surface area contributed by atoms with Crippen LogP contribution in [0.15, 0.2) is 53.1 Å². The Labute approximate surface area is 171 Å². The highest BCUT2D eigenvalue weighted by Crippen LogP contribution is 2.34. The van der Waals surface area contributed by atoms with Gasteiger partial charge in [0.25, 0.3) is 0 Å². The Morgan fingerprint density at radius 2 is 1.96 bits per heavy atom. The van der Waals surface area contributed by atoms with Gasteiger partial charge < -0.3 is 5.32 Å². The minimum absolute atomic E-state index is 0.679. The minimum atomic E-state index is 0.679. The molecule has 1 N–H and O–H groups in total. The summed E-state index contributed by atoms with van der Waals surface area (Å²) in [6.45, 7) is 1.64. The lowest BCUT2D eigenvalue weighted by atomic mass is 10.1. The van der Waals surface area contributed by atoms with Crippen LogP contribution in [0.25, 0.3) is 22.3 Å². The van der Waals surface area contributed by atoms with Crippen molar-refractivity contribution in [3.8, 4) is 11.3 Å². The molecule has 0 bridgehead atoms. The third-order valence-electron chi connectivity index (χ3n) is 5.17. The van der Waals surface area contributed by atoms with Crippen molar-refractivity contribution in [3.63, 3.8) is 0 Å². The minimum Gasteiger partial charge on any atom is -0.380 e. The molecular formula is C21H21BrN6. The molecule has 0 aliphatic heterocycles. The summed E-state index contributed by atoms with van der Waals surface area (Å²) in [6.07, 6.45) is 4.67. The van der Waals surface area contributed by atoms with E-state index in [1.807, 2.05) is 34.6 Å². The van der Waals surface area contributed by atoms with Gasteiger partial charge in [0.2, 0.25) is 0 Å². The standard InChI is InChI=1S/C21H21BrN6/c1-27-13-16(20(25-27)15-5-3-2-4-6-15)11-23-17-9-10-18-21(19(17)22)24-26-28(18)12-14-7-8-14/h2-6,9-10,13-14,23H,7-8,11-12H2,1H3. The van der Waals surface area contributed by atoms with Crippen LogP contribution in [0.5, 0.6) is 0 Å². The fourth-order valence-electron chi connectivity index (χ4n) is 3.52. The van der Waals surface area contributed by atoms with Gasteiger partial charge in [-0.3, -0.25) is 4.68 Å². The van der Waals surface area contributed by atoms with Crippen LogP contribution in [0.4, 0.5) is 5.69 Å². The van der Waals surface area contributed by atoms with E-state index in [9.17, 15) is 0 Å². The smallest absolute Gasteiger partial charge is 0.129 e. The van der Waals surface area contributed by atoms with Crippen molar-refractivity contribution in [1.29, 1.82) is 0 Å². The maximum absolute atomic E-state index is 4.64. The van der Waals surface area contributed by atoms with E-state index in [-0.39, 0.29) is 0 Å². The topological polar surface area (TPSA) is 60.6 Å². The molecular weight excluding hydrogens is 416 g/mol. The number of rotatable bonds is 6. The molecule has 0 saturated heterocycles. The summed E-state index contributed by atoms with van der Waals surface area (Å²) >= 11 is 3.72. The molecule has 142 valence electrons. The maximum atomic E-state index is 4.64. The average molecular weight is 437 g/mol. The fraction of sp³-hybridized carbons (Fsp3) is 0.286. The van der Waals surface area contributed by atoms with Crippen LogP contribution in [0.1, 0.15) is 18.4 Å². The first-order valence-electron chi connectivity index (χ1n) is 9.52. The van der Waals surface area contributed by atoms with Gasteiger partial charge in [0, 0.05) is 37.5 Å². The maximum Gasteiger partial charge on any atom is 0.129 e. The summed E-state index contributed by atoms with van der Waals surface area (Å²) in [7, 11) is 1.95. The number of hydrogen-bond acceptors (Lipinski definition) is 4. The Morgan fingerprint density at radius 1 is 1.14 bits per heavy atom. The molecule has 2 aromatic carbocycles. The van der Waals surface area contributed by atoms with Crippen molar-refractivity contribution in [3.05, 3.63) is 58.7 Å². The Morgan fingerprint density at radius 3 is 2.75 bits per heavy atom. The van der Waals surface area contributed by atoms with Gasteiger partial charge in [0.15, 0.2) is 0 Å². The highest BCUT2D eigenvalue weighted by molar-refractivity contribution is 9.10. The predicted molar refractivity (Wildman–Crippen MR) is 114 cm³/mol. The van der Waals surface area contributed by atoms with Gasteiger partial charge in [-0.15, -0.1) is 5.10 Å². The second-order valence-electron chi connectivity index (χ2n) is 7.41. The molecule has 1 saturated carbocycles. The van der Waals surface area contributed by atoms with Crippen molar-refractivity contribution in [2.45, 2.75) is 25.9 Å². The Bertz CT molecular complexity index is 1130. The largest absolute Gasteiger partial charge is 0.380 e. The van der Waals surface area contributed by atoms with E-state index in [0.717, 1.165) is 50.5 Å². The highest BCUT2D eigenvalue weighted by Gasteiger charge is 2.23. The molecule has 0 unspecified atom stereocenters. The van der Waals surface area contributed by atoms with Crippen LogP contribution >= 0.6 is 15.9 Å². The number of halogens is 1. The molecule has 7 heteroatoms. The number of anilines is 1. The quantitative estimate of drug-likeness (QED) is 0.479. The monoisotopic (exact) mass is 436 g/mol. The van der Waals surface area contributed by atoms with Gasteiger partial charge in [-0.25, -0.2) is 4.68 Å². The van der Waals surface area contributed by atoms with Gasteiger partial charge in [-0.1, -0.05) is 35.5 Å². The summed E-state index contributed by atoms with van der Waals surface area (Å²) in [4.78, 5) is 0. The molecule has 0 atom stereocenters. The molecule has 0 amide bonds. The molecule has 1 aliphatic carbocycles. The van der Waals surface area contributed by atoms with Gasteiger partial charge in [0.05, 0.1) is 21.4 Å². The third-order valence-corrected chi connectivity index (χ3v) is 5.98. The van der Waals surface area contributed by atoms with E-state index in [2.05, 4.69) is 67.1 Å². The van der Waals surface area contributed by atoms with Gasteiger partial charge in [-0.05, 0) is 46.8 Å². The van der Waals surface area contributed by atoms with Crippen molar-refractivity contribution < 1.29 is 0 Å². The van der Waals surface area contributed by atoms with Gasteiger partial charge >= 0.3 is 0 Å². The zero-order valence-electron chi connectivity index (χ0n) is 15.6. The lowest BCUT2D eigenvalue weighted by Crippen LogP contribution is -2.02. The molecule has 1 aliphatic rings. The summed E-state index contributed by atoms with van der Waals surface area (Å²) in [6, 6.07) is 14.5. The van der Waals surface area contributed by atoms with E-state index >= 15 is 0 Å². The molecule has 4 aromatic rings. The normalized spacial score (nSPS) is 13.9. The van der Waals surface area contributed by atoms with Crippen molar-refractivity contribution >= 4 is 32.7 Å². The molecule has 2 aromatic heterocycles. The van der Waals surface area contributed by atoms with E-state index in [4.69, 9.17) is 0 Å². The molecule has 28 heavy (non-hydrogen) atoms. The van der Waals surface area contributed by atoms with Gasteiger partial charge in [0.1, 0.15) is 5.52 Å². The molecule has 0 radical (unpaired) electrons. The number of fused-ring (bicyclic) bond motifs is 1. The number of hydrogen-bond donors (Lipinski definition) is 1. The van der Waals surface area contributed by atoms with Crippen LogP contribution in [-0.2, 0) is 20.1 Å². The fourth-order valence-corrected chi connectivity index (χ4v) is 4.07. The summed E-state index contributed by atoms with van der Waals surface area (Å²) < 4.78 is 4.84. The van der Waals surface area contributed by atoms with Crippen LogP contribution in [0.3, 0.4) is 0 Å². The Hall–Kier alpha value is -2.67. The van der Waals surface area contributed by atoms with E-state index in [1.165, 1.54) is 12.8 Å². The van der Waals surface area contributed by atoms with E-state index in [0.29, 0.717) is 6.54 Å². The Balaban J connectivity index is 1.40. The van der Waals surface area contributed by atoms with E-state index in [1.54, 1.807) is 0 Å². The van der Waals surface area contributed by atoms with Crippen LogP contribution in [-0.4, -0.2) is 24.8 Å². The lowest BCUT2D eigenvalue weighted by Gasteiger charge is -2.09. The number of nitrogens with one attached hydrogen (secondary N) is 1. The van der Waals surface area contributed by atoms with Crippen LogP contribution in [0, 0.1) is 5.92 Å². The second-order valence-corrected chi connectivity index (χ2v) is 8.20. The first kappa shape index (κ1) is 17.4. The van der Waals surface area contributed by atoms with Crippen molar-refractivity contribution in [1.82, 2.24) is 24.8 Å². The first-order valence-corrected chi connectivity index (χ1v) is 10.3. The zero-order chi connectivity index (χ0) is 19.1. The number of aryl methyl sites for hydroxylation is 1. The number of nitrogens with zero attached hydrogens (tertiary/aromatic N) is 5. The van der Waals surface area contributed by atoms with Gasteiger partial charge in [-0.2, -0.15) is 5.10 Å². The molecule has 1 fully saturated rings. The second kappa shape index (κ2) is 7.05. The molecule has 2 heterocycles. The molecule has 5 rings (SSSR count). The average Bonchev–Trinajstić information content (AvgIpc) is 3.31. The third kappa shape index (κ3) is 3.30. The van der Waals surface area contributed by atoms with Crippen molar-refractivity contribution in [2.24, 2.45) is 13.0 Å². The number of benzene rings is 2. The zero-order valence-corrected chi connectivity index (χ0v) is 17.2. The molecule has 0 spiro atoms. The first-order chi connectivity index (χ1) is 13.7. The van der Waals surface area contributed by atoms with Crippen LogP contribution < -0.4 is 5.32 Å². The molecule has 6 nitrogen and oxygen atoms in total. The lowest BCUT2D eigenvalue weighted by molar-refractivity contribution is 0.559.